The third kappa shape index (κ3) is 4.64. The highest BCUT2D eigenvalue weighted by Crippen LogP contribution is 2.26. The Morgan fingerprint density at radius 2 is 1.69 bits per heavy atom. The van der Waals surface area contributed by atoms with Gasteiger partial charge in [0.25, 0.3) is 0 Å². The van der Waals surface area contributed by atoms with E-state index in [1.165, 1.54) is 16.7 Å². The van der Waals surface area contributed by atoms with Crippen molar-refractivity contribution in [3.05, 3.63) is 65.0 Å². The largest absolute Gasteiger partial charge is 0.397 e. The maximum Gasteiger partial charge on any atom is 0.123 e. The van der Waals surface area contributed by atoms with E-state index in [1.54, 1.807) is 12.1 Å². The molecule has 138 valence electrons. The van der Waals surface area contributed by atoms with E-state index in [0.717, 1.165) is 50.9 Å². The summed E-state index contributed by atoms with van der Waals surface area (Å²) in [5.41, 5.74) is 18.2. The molecule has 0 aromatic heterocycles. The number of benzene rings is 2. The second kappa shape index (κ2) is 8.37. The first-order valence-corrected chi connectivity index (χ1v) is 9.34. The number of hydrogen-bond acceptors (Lipinski definition) is 3. The second-order valence-corrected chi connectivity index (χ2v) is 7.14. The quantitative estimate of drug-likeness (QED) is 0.779. The molecule has 4 N–H and O–H groups in total. The standard InChI is InChI=1S/C22H28FN3/c1-16(18-5-7-20(23)8-6-18)19-10-13-26(14-11-19)12-2-3-17-4-9-21(24)22(25)15-17/h4-9,15H,2-3,10-14,24-25H2,1H3. The number of rotatable bonds is 5. The summed E-state index contributed by atoms with van der Waals surface area (Å²) in [4.78, 5) is 2.53. The summed E-state index contributed by atoms with van der Waals surface area (Å²) in [5.74, 6) is -0.177. The van der Waals surface area contributed by atoms with Crippen LogP contribution in [0, 0.1) is 5.82 Å². The van der Waals surface area contributed by atoms with E-state index in [4.69, 9.17) is 11.5 Å². The molecule has 1 fully saturated rings. The van der Waals surface area contributed by atoms with E-state index in [9.17, 15) is 4.39 Å². The maximum absolute atomic E-state index is 13.1. The molecule has 3 nitrogen and oxygen atoms in total. The molecule has 0 atom stereocenters. The van der Waals surface area contributed by atoms with Gasteiger partial charge in [-0.25, -0.2) is 4.39 Å². The molecule has 0 aliphatic carbocycles. The van der Waals surface area contributed by atoms with E-state index in [0.29, 0.717) is 11.4 Å². The number of piperidine rings is 1. The molecule has 4 heteroatoms. The van der Waals surface area contributed by atoms with Crippen molar-refractivity contribution in [3.8, 4) is 0 Å². The van der Waals surface area contributed by atoms with Crippen LogP contribution in [0.4, 0.5) is 15.8 Å². The Balaban J connectivity index is 1.48. The highest BCUT2D eigenvalue weighted by molar-refractivity contribution is 5.67. The van der Waals surface area contributed by atoms with E-state index in [2.05, 4.69) is 17.9 Å². The third-order valence-electron chi connectivity index (χ3n) is 5.36. The average Bonchev–Trinajstić information content (AvgIpc) is 2.65. The van der Waals surface area contributed by atoms with Crippen molar-refractivity contribution < 1.29 is 4.39 Å². The Morgan fingerprint density at radius 1 is 1.00 bits per heavy atom. The minimum Gasteiger partial charge on any atom is -0.397 e. The fourth-order valence-corrected chi connectivity index (χ4v) is 3.61. The van der Waals surface area contributed by atoms with E-state index >= 15 is 0 Å². The molecule has 0 bridgehead atoms. The SMILES string of the molecule is CC(=C1CCN(CCCc2ccc(N)c(N)c2)CC1)c1ccc(F)cc1. The Morgan fingerprint density at radius 3 is 2.35 bits per heavy atom. The van der Waals surface area contributed by atoms with Crippen LogP contribution >= 0.6 is 0 Å². The Kier molecular flexibility index (Phi) is 5.94. The van der Waals surface area contributed by atoms with Gasteiger partial charge in [-0.15, -0.1) is 0 Å². The minimum absolute atomic E-state index is 0.177. The van der Waals surface area contributed by atoms with Crippen molar-refractivity contribution in [3.63, 3.8) is 0 Å². The van der Waals surface area contributed by atoms with Crippen LogP contribution in [-0.4, -0.2) is 24.5 Å². The first kappa shape index (κ1) is 18.5. The van der Waals surface area contributed by atoms with Crippen LogP contribution in [-0.2, 0) is 6.42 Å². The number of hydrogen-bond donors (Lipinski definition) is 2. The molecule has 26 heavy (non-hydrogen) atoms. The normalized spacial score (nSPS) is 15.2. The number of nitrogens with two attached hydrogens (primary N) is 2. The van der Waals surface area contributed by atoms with Crippen molar-refractivity contribution in [2.45, 2.75) is 32.6 Å². The summed E-state index contributed by atoms with van der Waals surface area (Å²) in [7, 11) is 0. The summed E-state index contributed by atoms with van der Waals surface area (Å²) in [6.07, 6.45) is 4.34. The summed E-state index contributed by atoms with van der Waals surface area (Å²) in [6.45, 7) is 5.45. The molecule has 1 saturated heterocycles. The Bertz CT molecular complexity index is 770. The van der Waals surface area contributed by atoms with E-state index in [-0.39, 0.29) is 5.82 Å². The lowest BCUT2D eigenvalue weighted by Crippen LogP contribution is -2.32. The zero-order chi connectivity index (χ0) is 18.5. The van der Waals surface area contributed by atoms with Crippen LogP contribution in [0.25, 0.3) is 5.57 Å². The fourth-order valence-electron chi connectivity index (χ4n) is 3.61. The van der Waals surface area contributed by atoms with Gasteiger partial charge in [-0.05, 0) is 80.1 Å². The minimum atomic E-state index is -0.177. The van der Waals surface area contributed by atoms with Crippen molar-refractivity contribution in [1.82, 2.24) is 4.90 Å². The lowest BCUT2D eigenvalue weighted by molar-refractivity contribution is 0.254. The average molecular weight is 353 g/mol. The van der Waals surface area contributed by atoms with Crippen molar-refractivity contribution in [2.75, 3.05) is 31.1 Å². The highest BCUT2D eigenvalue weighted by atomic mass is 19.1. The molecule has 2 aromatic carbocycles. The molecule has 0 saturated carbocycles. The smallest absolute Gasteiger partial charge is 0.123 e. The van der Waals surface area contributed by atoms with Crippen LogP contribution < -0.4 is 11.5 Å². The summed E-state index contributed by atoms with van der Waals surface area (Å²) < 4.78 is 13.1. The van der Waals surface area contributed by atoms with Crippen LogP contribution in [0.15, 0.2) is 48.0 Å². The summed E-state index contributed by atoms with van der Waals surface area (Å²) in [6, 6.07) is 12.8. The van der Waals surface area contributed by atoms with Gasteiger partial charge in [-0.2, -0.15) is 0 Å². The van der Waals surface area contributed by atoms with Gasteiger partial charge in [-0.3, -0.25) is 0 Å². The van der Waals surface area contributed by atoms with Crippen LogP contribution in [0.2, 0.25) is 0 Å². The summed E-state index contributed by atoms with van der Waals surface area (Å²) in [5, 5.41) is 0. The topological polar surface area (TPSA) is 55.3 Å². The molecular weight excluding hydrogens is 325 g/mol. The lowest BCUT2D eigenvalue weighted by Gasteiger charge is -2.29. The first-order valence-electron chi connectivity index (χ1n) is 9.34. The number of aryl methyl sites for hydroxylation is 1. The number of anilines is 2. The van der Waals surface area contributed by atoms with Crippen LogP contribution in [0.5, 0.6) is 0 Å². The zero-order valence-corrected chi connectivity index (χ0v) is 15.5. The van der Waals surface area contributed by atoms with Gasteiger partial charge in [0.1, 0.15) is 5.82 Å². The molecule has 3 rings (SSSR count). The molecule has 0 unspecified atom stereocenters. The molecule has 0 radical (unpaired) electrons. The van der Waals surface area contributed by atoms with Gasteiger partial charge < -0.3 is 16.4 Å². The van der Waals surface area contributed by atoms with Gasteiger partial charge in [-0.1, -0.05) is 23.8 Å². The molecule has 0 spiro atoms. The molecule has 2 aromatic rings. The predicted octanol–water partition coefficient (Wildman–Crippen LogP) is 4.49. The molecule has 1 heterocycles. The third-order valence-corrected chi connectivity index (χ3v) is 5.36. The van der Waals surface area contributed by atoms with Crippen LogP contribution in [0.3, 0.4) is 0 Å². The number of likely N-dealkylation sites (tertiary alicyclic amines) is 1. The van der Waals surface area contributed by atoms with E-state index < -0.39 is 0 Å². The van der Waals surface area contributed by atoms with Gasteiger partial charge in [0.2, 0.25) is 0 Å². The number of allylic oxidation sites excluding steroid dienone is 1. The van der Waals surface area contributed by atoms with Crippen molar-refractivity contribution in [1.29, 1.82) is 0 Å². The van der Waals surface area contributed by atoms with Crippen molar-refractivity contribution >= 4 is 16.9 Å². The van der Waals surface area contributed by atoms with Crippen LogP contribution in [0.1, 0.15) is 37.3 Å². The van der Waals surface area contributed by atoms with E-state index in [1.807, 2.05) is 24.3 Å². The monoisotopic (exact) mass is 353 g/mol. The number of halogens is 1. The Hall–Kier alpha value is -2.33. The first-order chi connectivity index (χ1) is 12.5. The summed E-state index contributed by atoms with van der Waals surface area (Å²) >= 11 is 0. The number of nitrogens with zero attached hydrogens (tertiary/aromatic N) is 1. The number of nitrogen functional groups attached to an aromatic ring is 2. The molecule has 1 aliphatic heterocycles. The Labute approximate surface area is 155 Å². The van der Waals surface area contributed by atoms with Crippen molar-refractivity contribution in [2.24, 2.45) is 0 Å². The lowest BCUT2D eigenvalue weighted by atomic mass is 9.94. The van der Waals surface area contributed by atoms with Gasteiger partial charge >= 0.3 is 0 Å². The molecule has 1 aliphatic rings. The fraction of sp³-hybridized carbons (Fsp3) is 0.364. The van der Waals surface area contributed by atoms with Gasteiger partial charge in [0, 0.05) is 13.1 Å². The van der Waals surface area contributed by atoms with Gasteiger partial charge in [0.05, 0.1) is 11.4 Å². The zero-order valence-electron chi connectivity index (χ0n) is 15.5. The molecule has 0 amide bonds. The second-order valence-electron chi connectivity index (χ2n) is 7.14. The van der Waals surface area contributed by atoms with Gasteiger partial charge in [0.15, 0.2) is 0 Å². The molecular formula is C22H28FN3. The maximum atomic E-state index is 13.1. The highest BCUT2D eigenvalue weighted by Gasteiger charge is 2.16. The predicted molar refractivity (Wildman–Crippen MR) is 108 cm³/mol.